The Kier molecular flexibility index (Phi) is 7.08. The maximum Gasteiger partial charge on any atom is 0.227 e. The minimum atomic E-state index is -0.459. The lowest BCUT2D eigenvalue weighted by Gasteiger charge is -2.28. The van der Waals surface area contributed by atoms with Crippen molar-refractivity contribution in [2.24, 2.45) is 11.1 Å². The van der Waals surface area contributed by atoms with Crippen LogP contribution >= 0.6 is 12.4 Å². The van der Waals surface area contributed by atoms with Crippen LogP contribution in [-0.2, 0) is 11.3 Å². The van der Waals surface area contributed by atoms with Crippen LogP contribution in [0, 0.1) is 19.3 Å². The highest BCUT2D eigenvalue weighted by Crippen LogP contribution is 2.25. The van der Waals surface area contributed by atoms with Crippen LogP contribution in [0.25, 0.3) is 0 Å². The van der Waals surface area contributed by atoms with E-state index < -0.39 is 5.41 Å². The lowest BCUT2D eigenvalue weighted by molar-refractivity contribution is -0.131. The highest BCUT2D eigenvalue weighted by molar-refractivity contribution is 5.85. The van der Waals surface area contributed by atoms with Crippen molar-refractivity contribution in [2.45, 2.75) is 47.1 Å². The molecule has 110 valence electrons. The molecule has 1 amide bonds. The van der Waals surface area contributed by atoms with Crippen molar-refractivity contribution < 1.29 is 9.32 Å². The number of aryl methyl sites for hydroxylation is 2. The van der Waals surface area contributed by atoms with E-state index in [1.165, 1.54) is 0 Å². The minimum absolute atomic E-state index is 0. The average Bonchev–Trinajstić information content (AvgIpc) is 2.69. The van der Waals surface area contributed by atoms with E-state index in [1.807, 2.05) is 27.7 Å². The Morgan fingerprint density at radius 3 is 2.32 bits per heavy atom. The van der Waals surface area contributed by atoms with Crippen molar-refractivity contribution in [3.63, 3.8) is 0 Å². The Morgan fingerprint density at radius 1 is 1.37 bits per heavy atom. The van der Waals surface area contributed by atoms with Gasteiger partial charge in [0, 0.05) is 18.7 Å². The fraction of sp³-hybridized carbons (Fsp3) is 0.692. The molecule has 6 heteroatoms. The summed E-state index contributed by atoms with van der Waals surface area (Å²) in [5.74, 6) is 0.758. The molecule has 5 nitrogen and oxygen atoms in total. The molecule has 1 rings (SSSR count). The van der Waals surface area contributed by atoms with E-state index >= 15 is 0 Å². The molecule has 0 aliphatic rings. The van der Waals surface area contributed by atoms with Gasteiger partial charge < -0.3 is 15.6 Å². The third-order valence-corrected chi connectivity index (χ3v) is 3.83. The monoisotopic (exact) mass is 289 g/mol. The van der Waals surface area contributed by atoms with Gasteiger partial charge in [-0.3, -0.25) is 4.79 Å². The van der Waals surface area contributed by atoms with E-state index in [1.54, 1.807) is 0 Å². The van der Waals surface area contributed by atoms with Gasteiger partial charge in [0.15, 0.2) is 0 Å². The predicted octanol–water partition coefficient (Wildman–Crippen LogP) is 2.09. The summed E-state index contributed by atoms with van der Waals surface area (Å²) in [5, 5.41) is 6.81. The molecule has 3 N–H and O–H groups in total. The van der Waals surface area contributed by atoms with Crippen LogP contribution in [0.2, 0.25) is 0 Å². The Hall–Kier alpha value is -1.07. The van der Waals surface area contributed by atoms with Gasteiger partial charge in [0.2, 0.25) is 5.91 Å². The molecule has 1 aromatic rings. The molecule has 0 radical (unpaired) electrons. The smallest absolute Gasteiger partial charge is 0.227 e. The highest BCUT2D eigenvalue weighted by Gasteiger charge is 2.33. The van der Waals surface area contributed by atoms with Crippen molar-refractivity contribution in [2.75, 3.05) is 6.54 Å². The second-order valence-corrected chi connectivity index (χ2v) is 4.68. The first-order chi connectivity index (χ1) is 8.50. The van der Waals surface area contributed by atoms with Crippen LogP contribution in [0.5, 0.6) is 0 Å². The molecule has 1 heterocycles. The van der Waals surface area contributed by atoms with Crippen molar-refractivity contribution >= 4 is 18.3 Å². The van der Waals surface area contributed by atoms with Gasteiger partial charge >= 0.3 is 0 Å². The molecular weight excluding hydrogens is 266 g/mol. The van der Waals surface area contributed by atoms with E-state index in [0.717, 1.165) is 29.9 Å². The van der Waals surface area contributed by atoms with Gasteiger partial charge in [0.05, 0.1) is 11.1 Å². The minimum Gasteiger partial charge on any atom is -0.361 e. The molecule has 0 bridgehead atoms. The summed E-state index contributed by atoms with van der Waals surface area (Å²) in [6, 6.07) is 0. The summed E-state index contributed by atoms with van der Waals surface area (Å²) in [7, 11) is 0. The Bertz CT molecular complexity index is 386. The van der Waals surface area contributed by atoms with Gasteiger partial charge in [-0.1, -0.05) is 19.0 Å². The van der Waals surface area contributed by atoms with Crippen LogP contribution in [-0.4, -0.2) is 17.6 Å². The number of carbonyl (C=O) groups excluding carboxylic acids is 1. The molecule has 0 aromatic carbocycles. The molecule has 0 aliphatic carbocycles. The summed E-state index contributed by atoms with van der Waals surface area (Å²) in [6.45, 7) is 8.51. The van der Waals surface area contributed by atoms with Gasteiger partial charge in [0.1, 0.15) is 5.76 Å². The molecule has 0 spiro atoms. The van der Waals surface area contributed by atoms with Gasteiger partial charge in [-0.15, -0.1) is 12.4 Å². The van der Waals surface area contributed by atoms with Crippen molar-refractivity contribution in [3.8, 4) is 0 Å². The SMILES string of the molecule is CCC(CC)(CN)C(=O)NCc1c(C)noc1C.Cl. The van der Waals surface area contributed by atoms with E-state index in [9.17, 15) is 4.79 Å². The number of nitrogens with two attached hydrogens (primary N) is 1. The normalized spacial score (nSPS) is 11.0. The average molecular weight is 290 g/mol. The first-order valence-electron chi connectivity index (χ1n) is 6.40. The molecule has 19 heavy (non-hydrogen) atoms. The molecule has 0 unspecified atom stereocenters. The summed E-state index contributed by atoms with van der Waals surface area (Å²) < 4.78 is 5.07. The van der Waals surface area contributed by atoms with Crippen molar-refractivity contribution in [1.82, 2.24) is 10.5 Å². The largest absolute Gasteiger partial charge is 0.361 e. The van der Waals surface area contributed by atoms with E-state index in [-0.39, 0.29) is 18.3 Å². The quantitative estimate of drug-likeness (QED) is 0.840. The zero-order valence-electron chi connectivity index (χ0n) is 12.1. The first kappa shape index (κ1) is 17.9. The number of rotatable bonds is 6. The Morgan fingerprint density at radius 2 is 1.95 bits per heavy atom. The zero-order chi connectivity index (χ0) is 13.8. The van der Waals surface area contributed by atoms with Crippen LogP contribution in [0.3, 0.4) is 0 Å². The standard InChI is InChI=1S/C13H23N3O2.ClH/c1-5-13(6-2,8-14)12(17)15-7-11-9(3)16-18-10(11)4;/h5-8,14H2,1-4H3,(H,15,17);1H. The molecule has 0 saturated carbocycles. The molecule has 0 fully saturated rings. The molecule has 0 atom stereocenters. The summed E-state index contributed by atoms with van der Waals surface area (Å²) in [4.78, 5) is 12.2. The number of aromatic nitrogens is 1. The Labute approximate surface area is 120 Å². The first-order valence-corrected chi connectivity index (χ1v) is 6.40. The highest BCUT2D eigenvalue weighted by atomic mass is 35.5. The van der Waals surface area contributed by atoms with Crippen molar-refractivity contribution in [3.05, 3.63) is 17.0 Å². The maximum absolute atomic E-state index is 12.2. The van der Waals surface area contributed by atoms with Gasteiger partial charge in [-0.05, 0) is 26.7 Å². The van der Waals surface area contributed by atoms with Crippen LogP contribution in [0.1, 0.15) is 43.7 Å². The van der Waals surface area contributed by atoms with Gasteiger partial charge in [-0.2, -0.15) is 0 Å². The fourth-order valence-corrected chi connectivity index (χ4v) is 2.06. The van der Waals surface area contributed by atoms with Gasteiger partial charge in [-0.25, -0.2) is 0 Å². The topological polar surface area (TPSA) is 81.2 Å². The molecular formula is C13H24ClN3O2. The fourth-order valence-electron chi connectivity index (χ4n) is 2.06. The predicted molar refractivity (Wildman–Crippen MR) is 77.1 cm³/mol. The maximum atomic E-state index is 12.2. The van der Waals surface area contributed by atoms with Gasteiger partial charge in [0.25, 0.3) is 0 Å². The lowest BCUT2D eigenvalue weighted by Crippen LogP contribution is -2.45. The van der Waals surface area contributed by atoms with E-state index in [0.29, 0.717) is 13.1 Å². The third kappa shape index (κ3) is 3.70. The number of hydrogen-bond acceptors (Lipinski definition) is 4. The third-order valence-electron chi connectivity index (χ3n) is 3.83. The molecule has 0 saturated heterocycles. The van der Waals surface area contributed by atoms with Crippen LogP contribution in [0.4, 0.5) is 0 Å². The zero-order valence-corrected chi connectivity index (χ0v) is 12.9. The molecule has 1 aromatic heterocycles. The number of hydrogen-bond donors (Lipinski definition) is 2. The number of nitrogens with one attached hydrogen (secondary N) is 1. The number of nitrogens with zero attached hydrogens (tertiary/aromatic N) is 1. The number of halogens is 1. The van der Waals surface area contributed by atoms with Crippen LogP contribution in [0.15, 0.2) is 4.52 Å². The number of carbonyl (C=O) groups is 1. The second-order valence-electron chi connectivity index (χ2n) is 4.68. The summed E-state index contributed by atoms with van der Waals surface area (Å²) >= 11 is 0. The summed E-state index contributed by atoms with van der Waals surface area (Å²) in [5.41, 5.74) is 7.05. The van der Waals surface area contributed by atoms with Crippen LogP contribution < -0.4 is 11.1 Å². The Balaban J connectivity index is 0.00000324. The summed E-state index contributed by atoms with van der Waals surface area (Å²) in [6.07, 6.45) is 1.49. The molecule has 0 aliphatic heterocycles. The van der Waals surface area contributed by atoms with E-state index in [2.05, 4.69) is 10.5 Å². The lowest BCUT2D eigenvalue weighted by atomic mass is 9.81. The van der Waals surface area contributed by atoms with E-state index in [4.69, 9.17) is 10.3 Å². The second kappa shape index (κ2) is 7.50. The van der Waals surface area contributed by atoms with Crippen molar-refractivity contribution in [1.29, 1.82) is 0 Å². The number of amides is 1.